The van der Waals surface area contributed by atoms with Crippen molar-refractivity contribution in [1.82, 2.24) is 14.7 Å². The van der Waals surface area contributed by atoms with E-state index < -0.39 is 0 Å². The number of carbonyl (C=O) groups is 1. The minimum absolute atomic E-state index is 0.0848. The monoisotopic (exact) mass is 344 g/mol. The summed E-state index contributed by atoms with van der Waals surface area (Å²) in [5, 5.41) is 4.37. The maximum atomic E-state index is 12.5. The van der Waals surface area contributed by atoms with Crippen LogP contribution in [0.5, 0.6) is 0 Å². The number of rotatable bonds is 3. The van der Waals surface area contributed by atoms with Gasteiger partial charge < -0.3 is 9.80 Å². The van der Waals surface area contributed by atoms with Crippen molar-refractivity contribution in [2.75, 3.05) is 31.1 Å². The van der Waals surface area contributed by atoms with Gasteiger partial charge in [-0.25, -0.2) is 0 Å². The van der Waals surface area contributed by atoms with E-state index in [1.165, 1.54) is 10.8 Å². The molecule has 0 unspecified atom stereocenters. The molecule has 1 aromatic carbocycles. The summed E-state index contributed by atoms with van der Waals surface area (Å²) in [6, 6.07) is 9.13. The van der Waals surface area contributed by atoms with Gasteiger partial charge in [-0.2, -0.15) is 9.78 Å². The SMILES string of the molecule is C=CC(=O)N1CCN(c2cnn(-c3ccccc3)c(=O)c2Cl)CC1. The number of halogens is 1. The van der Waals surface area contributed by atoms with Crippen molar-refractivity contribution in [3.63, 3.8) is 0 Å². The second-order valence-corrected chi connectivity index (χ2v) is 5.79. The predicted octanol–water partition coefficient (Wildman–Crippen LogP) is 1.72. The van der Waals surface area contributed by atoms with E-state index in [9.17, 15) is 9.59 Å². The summed E-state index contributed by atoms with van der Waals surface area (Å²) < 4.78 is 1.28. The van der Waals surface area contributed by atoms with Crippen LogP contribution in [0.2, 0.25) is 5.02 Å². The molecule has 1 aliphatic rings. The topological polar surface area (TPSA) is 58.4 Å². The van der Waals surface area contributed by atoms with E-state index in [1.54, 1.807) is 23.2 Å². The molecule has 1 aromatic heterocycles. The van der Waals surface area contributed by atoms with Crippen LogP contribution in [0.3, 0.4) is 0 Å². The van der Waals surface area contributed by atoms with Crippen LogP contribution >= 0.6 is 11.6 Å². The first-order valence-electron chi connectivity index (χ1n) is 7.61. The molecule has 1 amide bonds. The van der Waals surface area contributed by atoms with Crippen LogP contribution in [0.4, 0.5) is 5.69 Å². The van der Waals surface area contributed by atoms with E-state index in [0.717, 1.165) is 0 Å². The molecule has 124 valence electrons. The average Bonchev–Trinajstić information content (AvgIpc) is 2.64. The number of hydrogen-bond acceptors (Lipinski definition) is 4. The lowest BCUT2D eigenvalue weighted by atomic mass is 10.2. The molecule has 0 aliphatic carbocycles. The molecular weight excluding hydrogens is 328 g/mol. The van der Waals surface area contributed by atoms with Crippen molar-refractivity contribution in [2.45, 2.75) is 0 Å². The number of benzene rings is 1. The lowest BCUT2D eigenvalue weighted by Gasteiger charge is -2.35. The Kier molecular flexibility index (Phi) is 4.66. The summed E-state index contributed by atoms with van der Waals surface area (Å²) >= 11 is 6.30. The molecule has 3 rings (SSSR count). The molecule has 24 heavy (non-hydrogen) atoms. The molecule has 0 atom stereocenters. The molecule has 0 spiro atoms. The normalized spacial score (nSPS) is 14.5. The van der Waals surface area contributed by atoms with Crippen LogP contribution in [0, 0.1) is 0 Å². The zero-order valence-corrected chi connectivity index (χ0v) is 13.8. The highest BCUT2D eigenvalue weighted by Gasteiger charge is 2.23. The molecule has 0 N–H and O–H groups in total. The number of anilines is 1. The maximum Gasteiger partial charge on any atom is 0.292 e. The van der Waals surface area contributed by atoms with Gasteiger partial charge in [-0.3, -0.25) is 9.59 Å². The Hall–Kier alpha value is -2.60. The molecule has 7 heteroatoms. The van der Waals surface area contributed by atoms with Crippen molar-refractivity contribution in [1.29, 1.82) is 0 Å². The van der Waals surface area contributed by atoms with Crippen LogP contribution in [-0.2, 0) is 4.79 Å². The third-order valence-electron chi connectivity index (χ3n) is 4.01. The van der Waals surface area contributed by atoms with E-state index in [-0.39, 0.29) is 16.5 Å². The van der Waals surface area contributed by atoms with Gasteiger partial charge in [-0.1, -0.05) is 36.4 Å². The first-order valence-corrected chi connectivity index (χ1v) is 7.99. The van der Waals surface area contributed by atoms with Crippen molar-refractivity contribution in [3.8, 4) is 5.69 Å². The van der Waals surface area contributed by atoms with Crippen molar-refractivity contribution >= 4 is 23.2 Å². The number of aromatic nitrogens is 2. The predicted molar refractivity (Wildman–Crippen MR) is 93.8 cm³/mol. The number of nitrogens with zero attached hydrogens (tertiary/aromatic N) is 4. The highest BCUT2D eigenvalue weighted by atomic mass is 35.5. The molecule has 2 aromatic rings. The molecule has 1 fully saturated rings. The van der Waals surface area contributed by atoms with Crippen LogP contribution < -0.4 is 10.5 Å². The van der Waals surface area contributed by atoms with Crippen molar-refractivity contribution < 1.29 is 4.79 Å². The molecule has 0 saturated carbocycles. The number of para-hydroxylation sites is 1. The first-order chi connectivity index (χ1) is 11.6. The van der Waals surface area contributed by atoms with Crippen LogP contribution in [0.25, 0.3) is 5.69 Å². The zero-order chi connectivity index (χ0) is 17.1. The zero-order valence-electron chi connectivity index (χ0n) is 13.1. The third kappa shape index (κ3) is 3.05. The third-order valence-corrected chi connectivity index (χ3v) is 4.36. The summed E-state index contributed by atoms with van der Waals surface area (Å²) in [5.74, 6) is -0.0848. The fourth-order valence-corrected chi connectivity index (χ4v) is 2.94. The van der Waals surface area contributed by atoms with E-state index >= 15 is 0 Å². The van der Waals surface area contributed by atoms with Crippen LogP contribution in [0.15, 0.2) is 54.0 Å². The summed E-state index contributed by atoms with van der Waals surface area (Å²) in [5.41, 5.74) is 0.905. The Morgan fingerprint density at radius 3 is 2.46 bits per heavy atom. The Bertz CT molecular complexity index is 811. The second kappa shape index (κ2) is 6.88. The van der Waals surface area contributed by atoms with Gasteiger partial charge in [-0.05, 0) is 18.2 Å². The summed E-state index contributed by atoms with van der Waals surface area (Å²) in [4.78, 5) is 27.8. The van der Waals surface area contributed by atoms with Crippen molar-refractivity contribution in [2.24, 2.45) is 0 Å². The Labute approximate surface area is 144 Å². The average molecular weight is 345 g/mol. The minimum Gasteiger partial charge on any atom is -0.365 e. The van der Waals surface area contributed by atoms with Crippen LogP contribution in [-0.4, -0.2) is 46.8 Å². The number of amides is 1. The van der Waals surface area contributed by atoms with E-state index in [4.69, 9.17) is 11.6 Å². The number of carbonyl (C=O) groups excluding carboxylic acids is 1. The largest absolute Gasteiger partial charge is 0.365 e. The molecular formula is C17H17ClN4O2. The molecule has 2 heterocycles. The molecule has 1 aliphatic heterocycles. The van der Waals surface area contributed by atoms with Gasteiger partial charge in [0.05, 0.1) is 17.6 Å². The number of piperazine rings is 1. The molecule has 0 radical (unpaired) electrons. The van der Waals surface area contributed by atoms with Crippen molar-refractivity contribution in [3.05, 3.63) is 64.6 Å². The fraction of sp³-hybridized carbons (Fsp3) is 0.235. The van der Waals surface area contributed by atoms with E-state index in [2.05, 4.69) is 11.7 Å². The number of hydrogen-bond donors (Lipinski definition) is 0. The smallest absolute Gasteiger partial charge is 0.292 e. The molecule has 0 bridgehead atoms. The Morgan fingerprint density at radius 1 is 1.17 bits per heavy atom. The van der Waals surface area contributed by atoms with Gasteiger partial charge >= 0.3 is 0 Å². The lowest BCUT2D eigenvalue weighted by molar-refractivity contribution is -0.126. The lowest BCUT2D eigenvalue weighted by Crippen LogP contribution is -2.48. The van der Waals surface area contributed by atoms with Gasteiger partial charge in [0.2, 0.25) is 5.91 Å². The van der Waals surface area contributed by atoms with Gasteiger partial charge in [0.25, 0.3) is 5.56 Å². The standard InChI is InChI=1S/C17H17ClN4O2/c1-2-15(23)21-10-8-20(9-11-21)14-12-19-22(17(24)16(14)18)13-6-4-3-5-7-13/h2-7,12H,1,8-11H2. The van der Waals surface area contributed by atoms with Gasteiger partial charge in [0.15, 0.2) is 0 Å². The fourth-order valence-electron chi connectivity index (χ4n) is 2.69. The highest BCUT2D eigenvalue weighted by Crippen LogP contribution is 2.23. The quantitative estimate of drug-likeness (QED) is 0.796. The van der Waals surface area contributed by atoms with Gasteiger partial charge in [-0.15, -0.1) is 0 Å². The van der Waals surface area contributed by atoms with E-state index in [1.807, 2.05) is 23.1 Å². The van der Waals surface area contributed by atoms with Crippen LogP contribution in [0.1, 0.15) is 0 Å². The maximum absolute atomic E-state index is 12.5. The summed E-state index contributed by atoms with van der Waals surface area (Å²) in [6.07, 6.45) is 2.91. The summed E-state index contributed by atoms with van der Waals surface area (Å²) in [7, 11) is 0. The second-order valence-electron chi connectivity index (χ2n) is 5.41. The first kappa shape index (κ1) is 16.3. The summed E-state index contributed by atoms with van der Waals surface area (Å²) in [6.45, 7) is 5.80. The van der Waals surface area contributed by atoms with Gasteiger partial charge in [0, 0.05) is 26.2 Å². The molecule has 6 nitrogen and oxygen atoms in total. The molecule has 1 saturated heterocycles. The van der Waals surface area contributed by atoms with E-state index in [0.29, 0.717) is 37.6 Å². The van der Waals surface area contributed by atoms with Gasteiger partial charge in [0.1, 0.15) is 5.02 Å². The minimum atomic E-state index is -0.357. The highest BCUT2D eigenvalue weighted by molar-refractivity contribution is 6.33. The Morgan fingerprint density at radius 2 is 1.83 bits per heavy atom. The Balaban J connectivity index is 1.84.